The predicted molar refractivity (Wildman–Crippen MR) is 130 cm³/mol. The van der Waals surface area contributed by atoms with E-state index in [1.807, 2.05) is 6.07 Å². The lowest BCUT2D eigenvalue weighted by atomic mass is 9.62. The summed E-state index contributed by atoms with van der Waals surface area (Å²) in [7, 11) is 0. The first-order chi connectivity index (χ1) is 14.1. The molecule has 1 aromatic heterocycles. The van der Waals surface area contributed by atoms with Gasteiger partial charge in [-0.3, -0.25) is 0 Å². The normalized spacial score (nSPS) is 17.2. The highest BCUT2D eigenvalue weighted by Crippen LogP contribution is 2.47. The summed E-state index contributed by atoms with van der Waals surface area (Å²) in [6.45, 7) is 11.8. The smallest absolute Gasteiger partial charge is 0.345 e. The van der Waals surface area contributed by atoms with E-state index in [-0.39, 0.29) is 10.8 Å². The molecule has 0 fully saturated rings. The molecule has 30 heavy (non-hydrogen) atoms. The van der Waals surface area contributed by atoms with Crippen LogP contribution in [0.5, 0.6) is 0 Å². The molecule has 0 unspecified atom stereocenters. The number of carboxylic acid groups (broad SMARTS) is 1. The molecule has 0 spiro atoms. The first-order valence-electron chi connectivity index (χ1n) is 11.3. The highest BCUT2D eigenvalue weighted by Gasteiger charge is 2.37. The van der Waals surface area contributed by atoms with E-state index in [0.29, 0.717) is 4.88 Å². The molecule has 2 nitrogen and oxygen atoms in total. The SMILES string of the molecule is CCCCCCc1cc2c(cc1C=Cc1ccc(C(=O)O)s1)C(C)(C)CCC2(C)C. The van der Waals surface area contributed by atoms with Crippen molar-refractivity contribution in [2.75, 3.05) is 0 Å². The molecule has 1 aliphatic rings. The first-order valence-corrected chi connectivity index (χ1v) is 12.1. The summed E-state index contributed by atoms with van der Waals surface area (Å²) in [6.07, 6.45) is 12.9. The van der Waals surface area contributed by atoms with E-state index < -0.39 is 5.97 Å². The number of carbonyl (C=O) groups is 1. The summed E-state index contributed by atoms with van der Waals surface area (Å²) in [6, 6.07) is 8.50. The van der Waals surface area contributed by atoms with Gasteiger partial charge in [0.05, 0.1) is 0 Å². The third-order valence-electron chi connectivity index (χ3n) is 6.68. The summed E-state index contributed by atoms with van der Waals surface area (Å²) in [5, 5.41) is 9.19. The van der Waals surface area contributed by atoms with Crippen LogP contribution in [0.25, 0.3) is 12.2 Å². The molecule has 3 heteroatoms. The Morgan fingerprint density at radius 3 is 2.27 bits per heavy atom. The molecule has 0 saturated carbocycles. The Morgan fingerprint density at radius 1 is 1.00 bits per heavy atom. The van der Waals surface area contributed by atoms with E-state index in [9.17, 15) is 9.90 Å². The van der Waals surface area contributed by atoms with Gasteiger partial charge in [-0.1, -0.05) is 72.1 Å². The van der Waals surface area contributed by atoms with Crippen LogP contribution < -0.4 is 0 Å². The Hall–Kier alpha value is -1.87. The predicted octanol–water partition coefficient (Wildman–Crippen LogP) is 8.09. The van der Waals surface area contributed by atoms with E-state index in [4.69, 9.17) is 0 Å². The topological polar surface area (TPSA) is 37.3 Å². The number of aryl methyl sites for hydroxylation is 1. The number of hydrogen-bond donors (Lipinski definition) is 1. The van der Waals surface area contributed by atoms with Crippen LogP contribution in [0.1, 0.15) is 110 Å². The molecule has 0 atom stereocenters. The second kappa shape index (κ2) is 9.09. The molecule has 1 heterocycles. The molecule has 0 aliphatic heterocycles. The Labute approximate surface area is 186 Å². The van der Waals surface area contributed by atoms with E-state index in [1.165, 1.54) is 72.1 Å². The highest BCUT2D eigenvalue weighted by atomic mass is 32.1. The van der Waals surface area contributed by atoms with Gasteiger partial charge in [0.25, 0.3) is 0 Å². The van der Waals surface area contributed by atoms with Crippen LogP contribution in [0.2, 0.25) is 0 Å². The Kier molecular flexibility index (Phi) is 6.91. The van der Waals surface area contributed by atoms with E-state index >= 15 is 0 Å². The minimum absolute atomic E-state index is 0.188. The third-order valence-corrected chi connectivity index (χ3v) is 7.72. The molecule has 1 aliphatic carbocycles. The third kappa shape index (κ3) is 5.06. The Balaban J connectivity index is 2.00. The molecule has 162 valence electrons. The van der Waals surface area contributed by atoms with E-state index in [2.05, 4.69) is 58.9 Å². The van der Waals surface area contributed by atoms with Gasteiger partial charge in [0.2, 0.25) is 0 Å². The van der Waals surface area contributed by atoms with E-state index in [0.717, 1.165) is 11.3 Å². The Bertz CT molecular complexity index is 930. The molecule has 0 amide bonds. The van der Waals surface area contributed by atoms with Gasteiger partial charge in [0.1, 0.15) is 4.88 Å². The van der Waals surface area contributed by atoms with Crippen molar-refractivity contribution in [3.8, 4) is 0 Å². The van der Waals surface area contributed by atoms with Gasteiger partial charge in [-0.25, -0.2) is 4.79 Å². The van der Waals surface area contributed by atoms with Crippen LogP contribution in [-0.4, -0.2) is 11.1 Å². The first kappa shape index (κ1) is 22.8. The van der Waals surface area contributed by atoms with Crippen molar-refractivity contribution in [1.82, 2.24) is 0 Å². The fraction of sp³-hybridized carbons (Fsp3) is 0.519. The van der Waals surface area contributed by atoms with Gasteiger partial charge in [-0.05, 0) is 77.0 Å². The number of thiophene rings is 1. The number of benzene rings is 1. The van der Waals surface area contributed by atoms with Gasteiger partial charge in [0, 0.05) is 4.88 Å². The van der Waals surface area contributed by atoms with Crippen LogP contribution in [0.4, 0.5) is 0 Å². The zero-order chi connectivity index (χ0) is 21.9. The number of fused-ring (bicyclic) bond motifs is 1. The monoisotopic (exact) mass is 424 g/mol. The maximum absolute atomic E-state index is 11.2. The number of carboxylic acids is 1. The summed E-state index contributed by atoms with van der Waals surface area (Å²) < 4.78 is 0. The molecule has 2 aromatic rings. The number of aromatic carboxylic acids is 1. The van der Waals surface area contributed by atoms with Crippen LogP contribution >= 0.6 is 11.3 Å². The van der Waals surface area contributed by atoms with Crippen molar-refractivity contribution in [2.24, 2.45) is 0 Å². The van der Waals surface area contributed by atoms with Crippen LogP contribution in [0.15, 0.2) is 24.3 Å². The number of unbranched alkanes of at least 4 members (excludes halogenated alkanes) is 3. The van der Waals surface area contributed by atoms with Crippen LogP contribution in [0, 0.1) is 0 Å². The minimum atomic E-state index is -0.853. The summed E-state index contributed by atoms with van der Waals surface area (Å²) in [5.41, 5.74) is 6.13. The fourth-order valence-corrected chi connectivity index (χ4v) is 5.27. The summed E-state index contributed by atoms with van der Waals surface area (Å²) in [5.74, 6) is -0.853. The summed E-state index contributed by atoms with van der Waals surface area (Å²) >= 11 is 1.33. The highest BCUT2D eigenvalue weighted by molar-refractivity contribution is 7.14. The lowest BCUT2D eigenvalue weighted by molar-refractivity contribution is 0.0702. The lowest BCUT2D eigenvalue weighted by Crippen LogP contribution is -2.34. The average Bonchev–Trinajstić information content (AvgIpc) is 3.17. The molecule has 0 bridgehead atoms. The van der Waals surface area contributed by atoms with Gasteiger partial charge in [-0.15, -0.1) is 11.3 Å². The zero-order valence-corrected chi connectivity index (χ0v) is 20.0. The minimum Gasteiger partial charge on any atom is -0.477 e. The second-order valence-corrected chi connectivity index (χ2v) is 11.1. The molecule has 1 aromatic carbocycles. The lowest BCUT2D eigenvalue weighted by Gasteiger charge is -2.42. The summed E-state index contributed by atoms with van der Waals surface area (Å²) in [4.78, 5) is 12.6. The molecule has 0 radical (unpaired) electrons. The van der Waals surface area contributed by atoms with Gasteiger partial charge < -0.3 is 5.11 Å². The van der Waals surface area contributed by atoms with Crippen molar-refractivity contribution in [3.05, 3.63) is 56.3 Å². The van der Waals surface area contributed by atoms with Crippen molar-refractivity contribution in [1.29, 1.82) is 0 Å². The van der Waals surface area contributed by atoms with Crippen molar-refractivity contribution in [2.45, 2.75) is 90.4 Å². The quantitative estimate of drug-likeness (QED) is 0.435. The van der Waals surface area contributed by atoms with Gasteiger partial charge >= 0.3 is 5.97 Å². The van der Waals surface area contributed by atoms with Crippen molar-refractivity contribution >= 4 is 29.5 Å². The molecule has 3 rings (SSSR count). The molecular formula is C27H36O2S. The van der Waals surface area contributed by atoms with Crippen LogP contribution in [-0.2, 0) is 17.3 Å². The number of rotatable bonds is 8. The van der Waals surface area contributed by atoms with E-state index in [1.54, 1.807) is 6.07 Å². The van der Waals surface area contributed by atoms with Crippen molar-refractivity contribution in [3.63, 3.8) is 0 Å². The average molecular weight is 425 g/mol. The fourth-order valence-electron chi connectivity index (χ4n) is 4.52. The molecular weight excluding hydrogens is 388 g/mol. The van der Waals surface area contributed by atoms with Gasteiger partial charge in [-0.2, -0.15) is 0 Å². The van der Waals surface area contributed by atoms with Crippen molar-refractivity contribution < 1.29 is 9.90 Å². The standard InChI is InChI=1S/C27H36O2S/c1-6-7-8-9-10-19-17-22-23(27(4,5)16-15-26(22,2)3)18-20(19)11-12-21-13-14-24(30-21)25(28)29/h11-14,17-18H,6-10,15-16H2,1-5H3,(H,28,29). The molecule has 1 N–H and O–H groups in total. The molecule has 0 saturated heterocycles. The largest absolute Gasteiger partial charge is 0.477 e. The zero-order valence-electron chi connectivity index (χ0n) is 19.2. The second-order valence-electron chi connectivity index (χ2n) is 10.0. The number of hydrogen-bond acceptors (Lipinski definition) is 2. The maximum Gasteiger partial charge on any atom is 0.345 e. The van der Waals surface area contributed by atoms with Crippen LogP contribution in [0.3, 0.4) is 0 Å². The van der Waals surface area contributed by atoms with Gasteiger partial charge in [0.15, 0.2) is 0 Å². The Morgan fingerprint density at radius 2 is 1.67 bits per heavy atom. The maximum atomic E-state index is 11.2.